The molecule has 0 aliphatic heterocycles. The minimum Gasteiger partial charge on any atom is -0.365 e. The van der Waals surface area contributed by atoms with E-state index in [-0.39, 0.29) is 11.9 Å². The third-order valence-electron chi connectivity index (χ3n) is 1.54. The van der Waals surface area contributed by atoms with Crippen molar-refractivity contribution in [3.63, 3.8) is 0 Å². The summed E-state index contributed by atoms with van der Waals surface area (Å²) in [7, 11) is 1.75. The quantitative estimate of drug-likeness (QED) is 0.728. The molecule has 0 aliphatic rings. The number of aromatic nitrogens is 1. The van der Waals surface area contributed by atoms with Crippen LogP contribution in [-0.4, -0.2) is 24.0 Å². The van der Waals surface area contributed by atoms with E-state index in [1.165, 1.54) is 17.5 Å². The number of hydrogen-bond donors (Lipinski definition) is 2. The maximum Gasteiger partial charge on any atom is 0.264 e. The van der Waals surface area contributed by atoms with E-state index in [4.69, 9.17) is 6.42 Å². The molecule has 0 saturated carbocycles. The van der Waals surface area contributed by atoms with Crippen LogP contribution in [0.4, 0.5) is 5.13 Å². The summed E-state index contributed by atoms with van der Waals surface area (Å²) in [4.78, 5) is 16.0. The van der Waals surface area contributed by atoms with Crippen LogP contribution in [0, 0.1) is 12.3 Å². The van der Waals surface area contributed by atoms with Crippen LogP contribution in [0.2, 0.25) is 0 Å². The Morgan fingerprint density at radius 3 is 3.00 bits per heavy atom. The average molecular weight is 209 g/mol. The number of terminal acetylenes is 1. The van der Waals surface area contributed by atoms with E-state index in [0.29, 0.717) is 10.0 Å². The Morgan fingerprint density at radius 2 is 2.50 bits per heavy atom. The van der Waals surface area contributed by atoms with E-state index in [2.05, 4.69) is 21.5 Å². The van der Waals surface area contributed by atoms with E-state index >= 15 is 0 Å². The molecule has 1 unspecified atom stereocenters. The molecule has 1 heterocycles. The van der Waals surface area contributed by atoms with Gasteiger partial charge in [0.05, 0.1) is 12.2 Å². The highest BCUT2D eigenvalue weighted by Gasteiger charge is 2.11. The summed E-state index contributed by atoms with van der Waals surface area (Å²) < 4.78 is 0. The second-order valence-electron chi connectivity index (χ2n) is 2.64. The molecule has 1 aromatic rings. The monoisotopic (exact) mass is 209 g/mol. The van der Waals surface area contributed by atoms with Crippen molar-refractivity contribution in [1.82, 2.24) is 10.3 Å². The van der Waals surface area contributed by atoms with Gasteiger partial charge in [-0.2, -0.15) is 0 Å². The van der Waals surface area contributed by atoms with Crippen molar-refractivity contribution in [2.24, 2.45) is 0 Å². The van der Waals surface area contributed by atoms with Crippen LogP contribution in [0.3, 0.4) is 0 Å². The van der Waals surface area contributed by atoms with Crippen molar-refractivity contribution in [3.8, 4) is 12.3 Å². The molecule has 0 spiro atoms. The SMILES string of the molecule is C#CC(C)NC(=O)c1cnc(NC)s1. The van der Waals surface area contributed by atoms with Gasteiger partial charge in [0.1, 0.15) is 4.88 Å². The first-order chi connectivity index (χ1) is 6.67. The van der Waals surface area contributed by atoms with Crippen LogP contribution in [-0.2, 0) is 0 Å². The Kier molecular flexibility index (Phi) is 3.48. The zero-order chi connectivity index (χ0) is 10.6. The second-order valence-corrected chi connectivity index (χ2v) is 3.67. The van der Waals surface area contributed by atoms with Crippen LogP contribution in [0.25, 0.3) is 0 Å². The van der Waals surface area contributed by atoms with Crippen molar-refractivity contribution in [2.45, 2.75) is 13.0 Å². The van der Waals surface area contributed by atoms with Gasteiger partial charge in [0.15, 0.2) is 5.13 Å². The average Bonchev–Trinajstić information content (AvgIpc) is 2.65. The van der Waals surface area contributed by atoms with Gasteiger partial charge in [-0.1, -0.05) is 17.3 Å². The normalized spacial score (nSPS) is 11.5. The molecule has 0 aliphatic carbocycles. The molecule has 5 heteroatoms. The predicted octanol–water partition coefficient (Wildman–Crippen LogP) is 0.936. The van der Waals surface area contributed by atoms with Crippen LogP contribution in [0.5, 0.6) is 0 Å². The van der Waals surface area contributed by atoms with Crippen molar-refractivity contribution in [3.05, 3.63) is 11.1 Å². The Hall–Kier alpha value is -1.54. The molecule has 74 valence electrons. The van der Waals surface area contributed by atoms with E-state index in [9.17, 15) is 4.79 Å². The summed E-state index contributed by atoms with van der Waals surface area (Å²) in [5.74, 6) is 2.24. The van der Waals surface area contributed by atoms with E-state index in [1.807, 2.05) is 0 Å². The van der Waals surface area contributed by atoms with Crippen LogP contribution < -0.4 is 10.6 Å². The first-order valence-electron chi connectivity index (χ1n) is 4.08. The molecule has 0 bridgehead atoms. The number of nitrogens with zero attached hydrogens (tertiary/aromatic N) is 1. The lowest BCUT2D eigenvalue weighted by Crippen LogP contribution is -2.30. The fourth-order valence-electron chi connectivity index (χ4n) is 0.804. The topological polar surface area (TPSA) is 54.0 Å². The van der Waals surface area contributed by atoms with Gasteiger partial charge < -0.3 is 10.6 Å². The molecular weight excluding hydrogens is 198 g/mol. The highest BCUT2D eigenvalue weighted by molar-refractivity contribution is 7.17. The van der Waals surface area contributed by atoms with Gasteiger partial charge in [-0.15, -0.1) is 6.42 Å². The molecule has 0 aromatic carbocycles. The van der Waals surface area contributed by atoms with Gasteiger partial charge >= 0.3 is 0 Å². The Labute approximate surface area is 86.7 Å². The van der Waals surface area contributed by atoms with Gasteiger partial charge in [0.25, 0.3) is 5.91 Å². The van der Waals surface area contributed by atoms with Crippen molar-refractivity contribution in [2.75, 3.05) is 12.4 Å². The van der Waals surface area contributed by atoms with Gasteiger partial charge in [-0.3, -0.25) is 4.79 Å². The predicted molar refractivity (Wildman–Crippen MR) is 57.4 cm³/mol. The second kappa shape index (κ2) is 4.63. The number of thiazole rings is 1. The standard InChI is InChI=1S/C9H11N3OS/c1-4-6(2)12-8(13)7-5-11-9(10-3)14-7/h1,5-6H,2-3H3,(H,10,11)(H,12,13). The molecule has 1 aromatic heterocycles. The molecule has 14 heavy (non-hydrogen) atoms. The van der Waals surface area contributed by atoms with Gasteiger partial charge in [0, 0.05) is 7.05 Å². The van der Waals surface area contributed by atoms with E-state index < -0.39 is 0 Å². The zero-order valence-electron chi connectivity index (χ0n) is 8.00. The summed E-state index contributed by atoms with van der Waals surface area (Å²) >= 11 is 1.29. The van der Waals surface area contributed by atoms with Gasteiger partial charge in [0.2, 0.25) is 0 Å². The number of carbonyl (C=O) groups is 1. The first kappa shape index (κ1) is 10.5. The summed E-state index contributed by atoms with van der Waals surface area (Å²) in [6.07, 6.45) is 6.66. The van der Waals surface area contributed by atoms with Gasteiger partial charge in [-0.05, 0) is 6.92 Å². The maximum absolute atomic E-state index is 11.5. The molecule has 0 saturated heterocycles. The Morgan fingerprint density at radius 1 is 1.79 bits per heavy atom. The number of rotatable bonds is 3. The zero-order valence-corrected chi connectivity index (χ0v) is 8.81. The molecule has 1 rings (SSSR count). The Balaban J connectivity index is 2.66. The third kappa shape index (κ3) is 2.47. The molecule has 0 fully saturated rings. The summed E-state index contributed by atoms with van der Waals surface area (Å²) in [5, 5.41) is 6.22. The van der Waals surface area contributed by atoms with Crippen LogP contribution in [0.15, 0.2) is 6.20 Å². The Bertz CT molecular complexity index is 366. The summed E-state index contributed by atoms with van der Waals surface area (Å²) in [6.45, 7) is 1.75. The minimum atomic E-state index is -0.261. The maximum atomic E-state index is 11.5. The molecule has 0 radical (unpaired) electrons. The number of hydrogen-bond acceptors (Lipinski definition) is 4. The fraction of sp³-hybridized carbons (Fsp3) is 0.333. The fourth-order valence-corrected chi connectivity index (χ4v) is 1.48. The largest absolute Gasteiger partial charge is 0.365 e. The van der Waals surface area contributed by atoms with Crippen molar-refractivity contribution >= 4 is 22.4 Å². The highest BCUT2D eigenvalue weighted by Crippen LogP contribution is 2.16. The number of carbonyl (C=O) groups excluding carboxylic acids is 1. The van der Waals surface area contributed by atoms with Crippen LogP contribution >= 0.6 is 11.3 Å². The molecule has 4 nitrogen and oxygen atoms in total. The lowest BCUT2D eigenvalue weighted by Gasteiger charge is -2.04. The number of amides is 1. The number of anilines is 1. The molecule has 1 atom stereocenters. The first-order valence-corrected chi connectivity index (χ1v) is 4.89. The number of nitrogens with one attached hydrogen (secondary N) is 2. The van der Waals surface area contributed by atoms with Crippen molar-refractivity contribution < 1.29 is 4.79 Å². The third-order valence-corrected chi connectivity index (χ3v) is 2.55. The summed E-state index contributed by atoms with van der Waals surface area (Å²) in [5.41, 5.74) is 0. The smallest absolute Gasteiger partial charge is 0.264 e. The van der Waals surface area contributed by atoms with Crippen LogP contribution in [0.1, 0.15) is 16.6 Å². The molecule has 2 N–H and O–H groups in total. The molecule has 1 amide bonds. The lowest BCUT2D eigenvalue weighted by molar-refractivity contribution is 0.0952. The van der Waals surface area contributed by atoms with Gasteiger partial charge in [-0.25, -0.2) is 4.98 Å². The minimum absolute atomic E-state index is 0.186. The van der Waals surface area contributed by atoms with E-state index in [0.717, 1.165) is 0 Å². The van der Waals surface area contributed by atoms with E-state index in [1.54, 1.807) is 14.0 Å². The van der Waals surface area contributed by atoms with Crippen molar-refractivity contribution in [1.29, 1.82) is 0 Å². The highest BCUT2D eigenvalue weighted by atomic mass is 32.1. The lowest BCUT2D eigenvalue weighted by atomic mass is 10.3. The summed E-state index contributed by atoms with van der Waals surface area (Å²) in [6, 6.07) is -0.261. The molecular formula is C9H11N3OS.